The molecule has 0 saturated heterocycles. The number of phenols is 1. The molecule has 0 spiro atoms. The van der Waals surface area contributed by atoms with Crippen molar-refractivity contribution >= 4 is 35.6 Å². The van der Waals surface area contributed by atoms with Crippen LogP contribution in [-0.2, 0) is 24.8 Å². The number of primary amides is 1. The predicted molar refractivity (Wildman–Crippen MR) is 115 cm³/mol. The van der Waals surface area contributed by atoms with E-state index in [-0.39, 0.29) is 34.1 Å². The van der Waals surface area contributed by atoms with E-state index in [4.69, 9.17) is 19.9 Å². The molecular formula is C20H27N3O8S. The molecule has 1 aliphatic heterocycles. The van der Waals surface area contributed by atoms with Crippen molar-refractivity contribution in [2.45, 2.75) is 44.2 Å². The van der Waals surface area contributed by atoms with Gasteiger partial charge in [0.15, 0.2) is 0 Å². The van der Waals surface area contributed by atoms with Crippen LogP contribution in [0.25, 0.3) is 0 Å². The van der Waals surface area contributed by atoms with Gasteiger partial charge in [-0.2, -0.15) is 11.8 Å². The maximum absolute atomic E-state index is 12.7. The Labute approximate surface area is 189 Å². The first-order valence-electron chi connectivity index (χ1n) is 9.65. The number of esters is 1. The first kappa shape index (κ1) is 25.1. The number of hydrogen-bond acceptors (Lipinski definition) is 9. The van der Waals surface area contributed by atoms with Crippen LogP contribution >= 0.6 is 11.8 Å². The quantitative estimate of drug-likeness (QED) is 0.465. The molecule has 1 aromatic rings. The lowest BCUT2D eigenvalue weighted by molar-refractivity contribution is -0.128. The molecule has 11 nitrogen and oxygen atoms in total. The van der Waals surface area contributed by atoms with Crippen LogP contribution in [0.3, 0.4) is 0 Å². The standard InChI is InChI=1S/C20H27N3O8S/c1-20(2,3)31-19(28)23-13-7-30-18(27)11-5-10(29-4)6-15(24)12(11)8-32-9-14(16(21)25)22-17(13)26/h5-6,13-14,24H,7-9H2,1-4H3,(H2,21,25)(H,22,26)(H,23,28)/t13-,14-/m0/s1. The summed E-state index contributed by atoms with van der Waals surface area (Å²) in [7, 11) is 1.37. The topological polar surface area (TPSA) is 166 Å². The number of aromatic hydroxyl groups is 1. The summed E-state index contributed by atoms with van der Waals surface area (Å²) in [6.07, 6.45) is -0.912. The lowest BCUT2D eigenvalue weighted by atomic mass is 10.1. The maximum Gasteiger partial charge on any atom is 0.408 e. The number of cyclic esters (lactones) is 1. The zero-order valence-electron chi connectivity index (χ0n) is 18.2. The Morgan fingerprint density at radius 1 is 1.31 bits per heavy atom. The number of fused-ring (bicyclic) bond motifs is 1. The van der Waals surface area contributed by atoms with E-state index < -0.39 is 48.2 Å². The molecule has 1 heterocycles. The third-order valence-electron chi connectivity index (χ3n) is 4.23. The predicted octanol–water partition coefficient (Wildman–Crippen LogP) is 0.668. The average Bonchev–Trinajstić information content (AvgIpc) is 2.68. The highest BCUT2D eigenvalue weighted by Gasteiger charge is 2.30. The summed E-state index contributed by atoms with van der Waals surface area (Å²) in [5.74, 6) is -2.14. The van der Waals surface area contributed by atoms with E-state index >= 15 is 0 Å². The van der Waals surface area contributed by atoms with Crippen LogP contribution in [0.1, 0.15) is 36.7 Å². The van der Waals surface area contributed by atoms with Crippen LogP contribution in [-0.4, -0.2) is 66.1 Å². The highest BCUT2D eigenvalue weighted by Crippen LogP contribution is 2.32. The molecule has 1 aliphatic rings. The number of amides is 3. The van der Waals surface area contributed by atoms with Crippen molar-refractivity contribution in [2.24, 2.45) is 5.73 Å². The Hall–Kier alpha value is -3.15. The summed E-state index contributed by atoms with van der Waals surface area (Å²) >= 11 is 1.17. The van der Waals surface area contributed by atoms with Gasteiger partial charge in [-0.3, -0.25) is 9.59 Å². The van der Waals surface area contributed by atoms with Gasteiger partial charge in [-0.15, -0.1) is 0 Å². The van der Waals surface area contributed by atoms with Crippen molar-refractivity contribution in [3.63, 3.8) is 0 Å². The van der Waals surface area contributed by atoms with Gasteiger partial charge in [0.25, 0.3) is 0 Å². The normalized spacial score (nSPS) is 19.9. The largest absolute Gasteiger partial charge is 0.507 e. The zero-order chi connectivity index (χ0) is 24.1. The van der Waals surface area contributed by atoms with Gasteiger partial charge in [-0.1, -0.05) is 0 Å². The number of hydrogen-bond donors (Lipinski definition) is 4. The van der Waals surface area contributed by atoms with E-state index in [1.807, 2.05) is 0 Å². The number of carbonyl (C=O) groups is 4. The summed E-state index contributed by atoms with van der Waals surface area (Å²) in [4.78, 5) is 49.4. The molecule has 0 fully saturated rings. The molecule has 1 aromatic carbocycles. The van der Waals surface area contributed by atoms with Gasteiger partial charge in [-0.25, -0.2) is 9.59 Å². The second-order valence-electron chi connectivity index (χ2n) is 7.95. The number of phenolic OH excluding ortho intramolecular Hbond substituents is 1. The SMILES string of the molecule is COc1cc(O)c2c(c1)C(=O)OC[C@H](NC(=O)OC(C)(C)C)C(=O)N[C@H](C(N)=O)CSC2. The van der Waals surface area contributed by atoms with Gasteiger partial charge in [0.05, 0.1) is 12.7 Å². The summed E-state index contributed by atoms with van der Waals surface area (Å²) in [6.45, 7) is 4.38. The maximum atomic E-state index is 12.7. The molecule has 0 radical (unpaired) electrons. The smallest absolute Gasteiger partial charge is 0.408 e. The van der Waals surface area contributed by atoms with Crippen molar-refractivity contribution in [1.29, 1.82) is 0 Å². The molecular weight excluding hydrogens is 442 g/mol. The summed E-state index contributed by atoms with van der Waals surface area (Å²) in [5.41, 5.74) is 4.86. The second kappa shape index (κ2) is 10.4. The molecule has 0 bridgehead atoms. The molecule has 12 heteroatoms. The van der Waals surface area contributed by atoms with Crippen LogP contribution in [0.5, 0.6) is 11.5 Å². The van der Waals surface area contributed by atoms with Gasteiger partial charge < -0.3 is 35.7 Å². The number of rotatable bonds is 3. The average molecular weight is 470 g/mol. The van der Waals surface area contributed by atoms with Gasteiger partial charge >= 0.3 is 12.1 Å². The minimum absolute atomic E-state index is 0.0296. The molecule has 176 valence electrons. The monoisotopic (exact) mass is 469 g/mol. The molecule has 3 amide bonds. The number of nitrogens with one attached hydrogen (secondary N) is 2. The van der Waals surface area contributed by atoms with E-state index in [1.165, 1.54) is 31.0 Å². The Morgan fingerprint density at radius 2 is 2.00 bits per heavy atom. The number of thioether (sulfide) groups is 1. The number of benzene rings is 1. The van der Waals surface area contributed by atoms with Crippen molar-refractivity contribution < 1.29 is 38.5 Å². The van der Waals surface area contributed by atoms with Gasteiger partial charge in [0, 0.05) is 23.1 Å². The van der Waals surface area contributed by atoms with Crippen LogP contribution in [0, 0.1) is 0 Å². The zero-order valence-corrected chi connectivity index (χ0v) is 19.0. The van der Waals surface area contributed by atoms with Crippen molar-refractivity contribution in [3.8, 4) is 11.5 Å². The molecule has 0 unspecified atom stereocenters. The molecule has 5 N–H and O–H groups in total. The highest BCUT2D eigenvalue weighted by atomic mass is 32.2. The Bertz CT molecular complexity index is 900. The second-order valence-corrected chi connectivity index (χ2v) is 8.98. The van der Waals surface area contributed by atoms with E-state index in [0.29, 0.717) is 0 Å². The molecule has 2 rings (SSSR count). The van der Waals surface area contributed by atoms with Crippen LogP contribution in [0.15, 0.2) is 12.1 Å². The number of carbonyl (C=O) groups excluding carboxylic acids is 4. The van der Waals surface area contributed by atoms with Crippen molar-refractivity contribution in [2.75, 3.05) is 19.5 Å². The highest BCUT2D eigenvalue weighted by molar-refractivity contribution is 7.98. The summed E-state index contributed by atoms with van der Waals surface area (Å²) in [5, 5.41) is 15.1. The Morgan fingerprint density at radius 3 is 2.59 bits per heavy atom. The number of nitrogens with two attached hydrogens (primary N) is 1. The van der Waals surface area contributed by atoms with Crippen LogP contribution < -0.4 is 21.1 Å². The van der Waals surface area contributed by atoms with Gasteiger partial charge in [-0.05, 0) is 26.8 Å². The van der Waals surface area contributed by atoms with Gasteiger partial charge in [0.2, 0.25) is 11.8 Å². The lowest BCUT2D eigenvalue weighted by Gasteiger charge is -2.25. The third-order valence-corrected chi connectivity index (χ3v) is 5.30. The fourth-order valence-corrected chi connectivity index (χ4v) is 3.81. The number of alkyl carbamates (subject to hydrolysis) is 1. The molecule has 0 saturated carbocycles. The summed E-state index contributed by atoms with van der Waals surface area (Å²) < 4.78 is 15.5. The van der Waals surface area contributed by atoms with E-state index in [0.717, 1.165) is 0 Å². The summed E-state index contributed by atoms with van der Waals surface area (Å²) in [6, 6.07) is 0.321. The third kappa shape index (κ3) is 6.94. The number of methoxy groups -OCH3 is 1. The van der Waals surface area contributed by atoms with Crippen molar-refractivity contribution in [3.05, 3.63) is 23.3 Å². The Balaban J connectivity index is 2.37. The van der Waals surface area contributed by atoms with Crippen molar-refractivity contribution in [1.82, 2.24) is 10.6 Å². The molecule has 0 aromatic heterocycles. The fourth-order valence-electron chi connectivity index (χ4n) is 2.70. The minimum atomic E-state index is -1.36. The Kier molecular flexibility index (Phi) is 8.19. The van der Waals surface area contributed by atoms with E-state index in [1.54, 1.807) is 20.8 Å². The minimum Gasteiger partial charge on any atom is -0.507 e. The first-order valence-corrected chi connectivity index (χ1v) is 10.8. The van der Waals surface area contributed by atoms with E-state index in [2.05, 4.69) is 10.6 Å². The van der Waals surface area contributed by atoms with Crippen LogP contribution in [0.2, 0.25) is 0 Å². The molecule has 0 aliphatic carbocycles. The lowest BCUT2D eigenvalue weighted by Crippen LogP contribution is -2.56. The molecule has 32 heavy (non-hydrogen) atoms. The van der Waals surface area contributed by atoms with Gasteiger partial charge in [0.1, 0.15) is 35.8 Å². The number of ether oxygens (including phenoxy) is 3. The first-order chi connectivity index (χ1) is 14.9. The fraction of sp³-hybridized carbons (Fsp3) is 0.500. The van der Waals surface area contributed by atoms with E-state index in [9.17, 15) is 24.3 Å². The van der Waals surface area contributed by atoms with Crippen LogP contribution in [0.4, 0.5) is 4.79 Å². The molecule has 2 atom stereocenters.